The molecule has 2 aliphatic rings. The Bertz CT molecular complexity index is 285. The minimum atomic E-state index is -0.397. The molecule has 4 atom stereocenters. The van der Waals surface area contributed by atoms with Crippen LogP contribution in [-0.4, -0.2) is 29.5 Å². The summed E-state index contributed by atoms with van der Waals surface area (Å²) < 4.78 is 11.1. The van der Waals surface area contributed by atoms with Gasteiger partial charge in [0.2, 0.25) is 0 Å². The van der Waals surface area contributed by atoms with Gasteiger partial charge in [0.25, 0.3) is 0 Å². The summed E-state index contributed by atoms with van der Waals surface area (Å²) in [6.45, 7) is 6.22. The summed E-state index contributed by atoms with van der Waals surface area (Å²) in [6, 6.07) is 0. The van der Waals surface area contributed by atoms with E-state index in [0.29, 0.717) is 12.2 Å². The fourth-order valence-corrected chi connectivity index (χ4v) is 2.76. The zero-order chi connectivity index (χ0) is 12.6. The van der Waals surface area contributed by atoms with Gasteiger partial charge in [-0.25, -0.2) is 0 Å². The minimum Gasteiger partial charge on any atom is -0.370 e. The largest absolute Gasteiger partial charge is 0.370 e. The zero-order valence-electron chi connectivity index (χ0n) is 10.8. The lowest BCUT2D eigenvalue weighted by Crippen LogP contribution is -2.29. The third-order valence-electron chi connectivity index (χ3n) is 4.00. The van der Waals surface area contributed by atoms with Crippen molar-refractivity contribution in [2.45, 2.75) is 70.9 Å². The number of epoxide rings is 2. The minimum absolute atomic E-state index is 0.0341. The van der Waals surface area contributed by atoms with Crippen LogP contribution in [0.1, 0.15) is 46.5 Å². The van der Waals surface area contributed by atoms with E-state index in [1.54, 1.807) is 0 Å². The number of ether oxygens (including phenoxy) is 2. The highest BCUT2D eigenvalue weighted by Gasteiger charge is 2.49. The van der Waals surface area contributed by atoms with Crippen molar-refractivity contribution in [3.05, 3.63) is 0 Å². The highest BCUT2D eigenvalue weighted by Crippen LogP contribution is 2.44. The summed E-state index contributed by atoms with van der Waals surface area (Å²) in [5.74, 6) is 0. The van der Waals surface area contributed by atoms with Gasteiger partial charge in [0.1, 0.15) is 0 Å². The third kappa shape index (κ3) is 3.04. The number of rotatable bonds is 7. The maximum absolute atomic E-state index is 11.7. The molecule has 4 unspecified atom stereocenters. The van der Waals surface area contributed by atoms with Gasteiger partial charge >= 0.3 is 0 Å². The first-order valence-corrected chi connectivity index (χ1v) is 6.99. The summed E-state index contributed by atoms with van der Waals surface area (Å²) >= 11 is 4.05. The molecular weight excluding hydrogens is 236 g/mol. The van der Waals surface area contributed by atoms with Crippen molar-refractivity contribution in [3.8, 4) is 0 Å². The Balaban J connectivity index is 1.88. The topological polar surface area (TPSA) is 42.1 Å². The van der Waals surface area contributed by atoms with Crippen molar-refractivity contribution >= 4 is 17.7 Å². The maximum atomic E-state index is 11.7. The Kier molecular flexibility index (Phi) is 3.86. The van der Waals surface area contributed by atoms with Crippen LogP contribution < -0.4 is 0 Å². The molecule has 3 nitrogen and oxygen atoms in total. The van der Waals surface area contributed by atoms with E-state index in [9.17, 15) is 4.79 Å². The molecule has 2 saturated heterocycles. The summed E-state index contributed by atoms with van der Waals surface area (Å²) in [4.78, 5) is 11.7. The van der Waals surface area contributed by atoms with Gasteiger partial charge in [-0.15, -0.1) is 12.6 Å². The molecule has 0 spiro atoms. The number of carbonyl (C=O) groups is 1. The Labute approximate surface area is 109 Å². The van der Waals surface area contributed by atoms with Crippen LogP contribution in [0.15, 0.2) is 0 Å². The second-order valence-corrected chi connectivity index (χ2v) is 5.92. The molecule has 0 aromatic heterocycles. The van der Waals surface area contributed by atoms with E-state index < -0.39 is 5.41 Å². The van der Waals surface area contributed by atoms with Crippen LogP contribution in [0.3, 0.4) is 0 Å². The molecule has 0 aromatic carbocycles. The normalized spacial score (nSPS) is 38.6. The Morgan fingerprint density at radius 2 is 1.47 bits per heavy atom. The molecule has 2 rings (SSSR count). The highest BCUT2D eigenvalue weighted by molar-refractivity contribution is 7.96. The van der Waals surface area contributed by atoms with Gasteiger partial charge in [0, 0.05) is 5.41 Å². The average molecular weight is 258 g/mol. The van der Waals surface area contributed by atoms with Gasteiger partial charge in [0.05, 0.1) is 24.4 Å². The highest BCUT2D eigenvalue weighted by atomic mass is 32.1. The molecule has 0 N–H and O–H groups in total. The summed E-state index contributed by atoms with van der Waals surface area (Å²) in [5.41, 5.74) is -0.397. The SMILES string of the molecule is CCC1OC1CC(C)(CC1OC1CC)C(=O)S. The summed E-state index contributed by atoms with van der Waals surface area (Å²) in [5, 5.41) is -0.0341. The Morgan fingerprint density at radius 3 is 1.71 bits per heavy atom. The van der Waals surface area contributed by atoms with Gasteiger partial charge in [-0.2, -0.15) is 0 Å². The number of hydrogen-bond acceptors (Lipinski definition) is 3. The van der Waals surface area contributed by atoms with Crippen LogP contribution >= 0.6 is 12.6 Å². The van der Waals surface area contributed by atoms with E-state index in [-0.39, 0.29) is 17.3 Å². The van der Waals surface area contributed by atoms with Crippen LogP contribution in [0.25, 0.3) is 0 Å². The maximum Gasteiger partial charge on any atom is 0.191 e. The molecule has 0 bridgehead atoms. The van der Waals surface area contributed by atoms with Crippen LogP contribution in [-0.2, 0) is 14.3 Å². The molecule has 4 heteroatoms. The predicted molar refractivity (Wildman–Crippen MR) is 69.2 cm³/mol. The fraction of sp³-hybridized carbons (Fsp3) is 0.923. The lowest BCUT2D eigenvalue weighted by molar-refractivity contribution is -0.119. The number of hydrogen-bond donors (Lipinski definition) is 1. The monoisotopic (exact) mass is 258 g/mol. The van der Waals surface area contributed by atoms with E-state index >= 15 is 0 Å². The standard InChI is InChI=1S/C13H22O3S/c1-4-8-10(15-8)6-13(3,12(14)17)7-11-9(5-2)16-11/h8-11H,4-7H2,1-3H3,(H,14,17). The zero-order valence-corrected chi connectivity index (χ0v) is 11.7. The second kappa shape index (κ2) is 4.90. The second-order valence-electron chi connectivity index (χ2n) is 5.52. The molecule has 0 radical (unpaired) electrons. The third-order valence-corrected chi connectivity index (χ3v) is 4.54. The van der Waals surface area contributed by atoms with Gasteiger partial charge in [-0.1, -0.05) is 20.8 Å². The van der Waals surface area contributed by atoms with E-state index in [2.05, 4.69) is 26.5 Å². The molecule has 0 aliphatic carbocycles. The molecule has 2 aliphatic heterocycles. The van der Waals surface area contributed by atoms with E-state index in [4.69, 9.17) is 9.47 Å². The lowest BCUT2D eigenvalue weighted by Gasteiger charge is -2.24. The van der Waals surface area contributed by atoms with E-state index in [1.165, 1.54) is 0 Å². The van der Waals surface area contributed by atoms with Crippen LogP contribution in [0, 0.1) is 5.41 Å². The quantitative estimate of drug-likeness (QED) is 0.564. The number of thiol groups is 1. The Hall–Kier alpha value is -0.0600. The molecule has 98 valence electrons. The molecule has 2 fully saturated rings. The fourth-order valence-electron chi connectivity index (χ4n) is 2.58. The Morgan fingerprint density at radius 1 is 1.06 bits per heavy atom. The average Bonchev–Trinajstić information content (AvgIpc) is 3.15. The van der Waals surface area contributed by atoms with Crippen molar-refractivity contribution < 1.29 is 14.3 Å². The van der Waals surface area contributed by atoms with Crippen molar-refractivity contribution in [2.75, 3.05) is 0 Å². The smallest absolute Gasteiger partial charge is 0.191 e. The lowest BCUT2D eigenvalue weighted by atomic mass is 9.81. The van der Waals surface area contributed by atoms with Gasteiger partial charge in [-0.05, 0) is 25.7 Å². The van der Waals surface area contributed by atoms with Crippen molar-refractivity contribution in [3.63, 3.8) is 0 Å². The van der Waals surface area contributed by atoms with Gasteiger partial charge in [-0.3, -0.25) is 4.79 Å². The van der Waals surface area contributed by atoms with Crippen molar-refractivity contribution in [1.82, 2.24) is 0 Å². The predicted octanol–water partition coefficient (Wildman–Crippen LogP) is 2.58. The summed E-state index contributed by atoms with van der Waals surface area (Å²) in [6.07, 6.45) is 4.82. The molecule has 0 saturated carbocycles. The first-order chi connectivity index (χ1) is 8.00. The van der Waals surface area contributed by atoms with Gasteiger partial charge < -0.3 is 9.47 Å². The molecule has 17 heavy (non-hydrogen) atoms. The number of carbonyl (C=O) groups excluding carboxylic acids is 1. The summed E-state index contributed by atoms with van der Waals surface area (Å²) in [7, 11) is 0. The van der Waals surface area contributed by atoms with Crippen LogP contribution in [0.4, 0.5) is 0 Å². The molecule has 0 amide bonds. The van der Waals surface area contributed by atoms with E-state index in [0.717, 1.165) is 25.7 Å². The molecule has 0 aromatic rings. The first kappa shape index (κ1) is 13.4. The van der Waals surface area contributed by atoms with E-state index in [1.807, 2.05) is 6.92 Å². The molecular formula is C13H22O3S. The van der Waals surface area contributed by atoms with Crippen LogP contribution in [0.5, 0.6) is 0 Å². The van der Waals surface area contributed by atoms with Gasteiger partial charge in [0.15, 0.2) is 5.12 Å². The molecule has 2 heterocycles. The van der Waals surface area contributed by atoms with Crippen LogP contribution in [0.2, 0.25) is 0 Å². The first-order valence-electron chi connectivity index (χ1n) is 6.54. The van der Waals surface area contributed by atoms with Crippen molar-refractivity contribution in [2.24, 2.45) is 5.41 Å². The van der Waals surface area contributed by atoms with Crippen molar-refractivity contribution in [1.29, 1.82) is 0 Å².